The van der Waals surface area contributed by atoms with Gasteiger partial charge in [0, 0.05) is 26.7 Å². The van der Waals surface area contributed by atoms with Crippen molar-refractivity contribution in [2.45, 2.75) is 19.4 Å². The van der Waals surface area contributed by atoms with Crippen LogP contribution in [-0.4, -0.2) is 35.0 Å². The summed E-state index contributed by atoms with van der Waals surface area (Å²) in [5.41, 5.74) is 5.44. The molecule has 5 nitrogen and oxygen atoms in total. The normalized spacial score (nSPS) is 10.6. The number of hydrogen-bond acceptors (Lipinski definition) is 4. The molecule has 13 heavy (non-hydrogen) atoms. The molecule has 0 aromatic carbocycles. The molecule has 0 radical (unpaired) electrons. The summed E-state index contributed by atoms with van der Waals surface area (Å²) in [4.78, 5) is 0. The van der Waals surface area contributed by atoms with Crippen LogP contribution in [0.4, 0.5) is 0 Å². The third-order valence-corrected chi connectivity index (χ3v) is 1.81. The van der Waals surface area contributed by atoms with E-state index >= 15 is 0 Å². The minimum absolute atomic E-state index is 0.614. The molecule has 0 aliphatic rings. The third kappa shape index (κ3) is 3.12. The molecule has 0 bridgehead atoms. The van der Waals surface area contributed by atoms with Crippen LogP contribution in [0.3, 0.4) is 0 Å². The highest BCUT2D eigenvalue weighted by atomic mass is 16.5. The SMILES string of the molecule is COCCCn1cnnc1CCN. The largest absolute Gasteiger partial charge is 0.385 e. The van der Waals surface area contributed by atoms with Crippen molar-refractivity contribution in [2.75, 3.05) is 20.3 Å². The fourth-order valence-corrected chi connectivity index (χ4v) is 1.17. The highest BCUT2D eigenvalue weighted by Crippen LogP contribution is 1.97. The monoisotopic (exact) mass is 184 g/mol. The Bertz CT molecular complexity index is 236. The van der Waals surface area contributed by atoms with Gasteiger partial charge in [-0.2, -0.15) is 0 Å². The number of ether oxygens (including phenoxy) is 1. The van der Waals surface area contributed by atoms with E-state index in [-0.39, 0.29) is 0 Å². The maximum absolute atomic E-state index is 5.44. The maximum Gasteiger partial charge on any atom is 0.134 e. The number of aromatic nitrogens is 3. The van der Waals surface area contributed by atoms with Gasteiger partial charge in [0.05, 0.1) is 0 Å². The second-order valence-corrected chi connectivity index (χ2v) is 2.83. The fourth-order valence-electron chi connectivity index (χ4n) is 1.17. The van der Waals surface area contributed by atoms with Crippen LogP contribution < -0.4 is 5.73 Å². The zero-order valence-corrected chi connectivity index (χ0v) is 7.94. The highest BCUT2D eigenvalue weighted by Gasteiger charge is 2.01. The standard InChI is InChI=1S/C8H16N4O/c1-13-6-2-5-12-7-10-11-8(12)3-4-9/h7H,2-6,9H2,1H3. The molecule has 0 spiro atoms. The van der Waals surface area contributed by atoms with E-state index in [1.54, 1.807) is 13.4 Å². The van der Waals surface area contributed by atoms with Crippen LogP contribution in [-0.2, 0) is 17.7 Å². The molecule has 0 saturated heterocycles. The average molecular weight is 184 g/mol. The number of nitrogens with zero attached hydrogens (tertiary/aromatic N) is 3. The number of rotatable bonds is 6. The van der Waals surface area contributed by atoms with Crippen LogP contribution in [0, 0.1) is 0 Å². The van der Waals surface area contributed by atoms with Crippen molar-refractivity contribution in [3.05, 3.63) is 12.2 Å². The fraction of sp³-hybridized carbons (Fsp3) is 0.750. The van der Waals surface area contributed by atoms with Crippen molar-refractivity contribution in [3.8, 4) is 0 Å². The first-order valence-corrected chi connectivity index (χ1v) is 4.44. The summed E-state index contributed by atoms with van der Waals surface area (Å²) in [6.07, 6.45) is 3.50. The van der Waals surface area contributed by atoms with Crippen molar-refractivity contribution >= 4 is 0 Å². The van der Waals surface area contributed by atoms with E-state index in [1.165, 1.54) is 0 Å². The summed E-state index contributed by atoms with van der Waals surface area (Å²) in [6, 6.07) is 0. The van der Waals surface area contributed by atoms with Gasteiger partial charge in [0.15, 0.2) is 0 Å². The Morgan fingerprint density at radius 1 is 1.62 bits per heavy atom. The molecule has 1 aromatic rings. The lowest BCUT2D eigenvalue weighted by Gasteiger charge is -2.04. The van der Waals surface area contributed by atoms with Gasteiger partial charge in [-0.25, -0.2) is 0 Å². The molecule has 1 aromatic heterocycles. The molecule has 74 valence electrons. The van der Waals surface area contributed by atoms with E-state index in [0.29, 0.717) is 6.54 Å². The quantitative estimate of drug-likeness (QED) is 0.623. The average Bonchev–Trinajstić information content (AvgIpc) is 2.54. The molecule has 0 aliphatic heterocycles. The Morgan fingerprint density at radius 3 is 3.15 bits per heavy atom. The summed E-state index contributed by atoms with van der Waals surface area (Å²) >= 11 is 0. The van der Waals surface area contributed by atoms with E-state index < -0.39 is 0 Å². The van der Waals surface area contributed by atoms with E-state index in [2.05, 4.69) is 10.2 Å². The lowest BCUT2D eigenvalue weighted by Crippen LogP contribution is -2.10. The molecule has 5 heteroatoms. The van der Waals surface area contributed by atoms with Crippen molar-refractivity contribution in [1.29, 1.82) is 0 Å². The molecule has 1 rings (SSSR count). The Kier molecular flexibility index (Phi) is 4.42. The minimum atomic E-state index is 0.614. The molecule has 0 unspecified atom stereocenters. The smallest absolute Gasteiger partial charge is 0.134 e. The second kappa shape index (κ2) is 5.66. The van der Waals surface area contributed by atoms with Gasteiger partial charge in [-0.15, -0.1) is 10.2 Å². The van der Waals surface area contributed by atoms with Gasteiger partial charge in [-0.05, 0) is 13.0 Å². The summed E-state index contributed by atoms with van der Waals surface area (Å²) in [5.74, 6) is 0.957. The maximum atomic E-state index is 5.44. The summed E-state index contributed by atoms with van der Waals surface area (Å²) in [6.45, 7) is 2.28. The molecule has 0 fully saturated rings. The Balaban J connectivity index is 2.40. The third-order valence-electron chi connectivity index (χ3n) is 1.81. The van der Waals surface area contributed by atoms with Gasteiger partial charge in [0.1, 0.15) is 12.2 Å². The van der Waals surface area contributed by atoms with E-state index in [1.807, 2.05) is 4.57 Å². The topological polar surface area (TPSA) is 66.0 Å². The molecule has 0 atom stereocenters. The van der Waals surface area contributed by atoms with Gasteiger partial charge in [0.2, 0.25) is 0 Å². The Morgan fingerprint density at radius 2 is 2.46 bits per heavy atom. The molecule has 0 saturated carbocycles. The van der Waals surface area contributed by atoms with Crippen LogP contribution in [0.5, 0.6) is 0 Å². The lowest BCUT2D eigenvalue weighted by atomic mass is 10.4. The van der Waals surface area contributed by atoms with Crippen molar-refractivity contribution in [3.63, 3.8) is 0 Å². The summed E-state index contributed by atoms with van der Waals surface area (Å²) in [5, 5.41) is 7.81. The van der Waals surface area contributed by atoms with Gasteiger partial charge in [-0.3, -0.25) is 0 Å². The molecule has 1 heterocycles. The molecule has 0 amide bonds. The summed E-state index contributed by atoms with van der Waals surface area (Å²) in [7, 11) is 1.70. The molecular weight excluding hydrogens is 168 g/mol. The number of methoxy groups -OCH3 is 1. The van der Waals surface area contributed by atoms with Crippen LogP contribution >= 0.6 is 0 Å². The van der Waals surface area contributed by atoms with E-state index in [0.717, 1.165) is 31.8 Å². The highest BCUT2D eigenvalue weighted by molar-refractivity contribution is 4.85. The Hall–Kier alpha value is -0.940. The number of aryl methyl sites for hydroxylation is 1. The Labute approximate surface area is 77.9 Å². The van der Waals surface area contributed by atoms with Crippen LogP contribution in [0.15, 0.2) is 6.33 Å². The van der Waals surface area contributed by atoms with Crippen molar-refractivity contribution in [1.82, 2.24) is 14.8 Å². The van der Waals surface area contributed by atoms with Gasteiger partial charge < -0.3 is 15.0 Å². The molecular formula is C8H16N4O. The van der Waals surface area contributed by atoms with Crippen molar-refractivity contribution in [2.24, 2.45) is 5.73 Å². The van der Waals surface area contributed by atoms with Gasteiger partial charge in [-0.1, -0.05) is 0 Å². The molecule has 2 N–H and O–H groups in total. The van der Waals surface area contributed by atoms with E-state index in [4.69, 9.17) is 10.5 Å². The first-order valence-electron chi connectivity index (χ1n) is 4.44. The van der Waals surface area contributed by atoms with E-state index in [9.17, 15) is 0 Å². The molecule has 0 aliphatic carbocycles. The lowest BCUT2D eigenvalue weighted by molar-refractivity contribution is 0.190. The number of hydrogen-bond donors (Lipinski definition) is 1. The van der Waals surface area contributed by atoms with Crippen LogP contribution in [0.25, 0.3) is 0 Å². The van der Waals surface area contributed by atoms with Crippen LogP contribution in [0.2, 0.25) is 0 Å². The summed E-state index contributed by atoms with van der Waals surface area (Å²) < 4.78 is 6.98. The van der Waals surface area contributed by atoms with Gasteiger partial charge in [0.25, 0.3) is 0 Å². The number of nitrogens with two attached hydrogens (primary N) is 1. The predicted octanol–water partition coefficient (Wildman–Crippen LogP) is -0.184. The van der Waals surface area contributed by atoms with Gasteiger partial charge >= 0.3 is 0 Å². The minimum Gasteiger partial charge on any atom is -0.385 e. The first kappa shape index (κ1) is 10.1. The second-order valence-electron chi connectivity index (χ2n) is 2.83. The first-order chi connectivity index (χ1) is 6.38. The zero-order chi connectivity index (χ0) is 9.52. The van der Waals surface area contributed by atoms with Crippen LogP contribution in [0.1, 0.15) is 12.2 Å². The van der Waals surface area contributed by atoms with Crippen molar-refractivity contribution < 1.29 is 4.74 Å². The predicted molar refractivity (Wildman–Crippen MR) is 49.3 cm³/mol. The zero-order valence-electron chi connectivity index (χ0n) is 7.94.